The van der Waals surface area contributed by atoms with Gasteiger partial charge in [0, 0.05) is 19.5 Å². The number of carbonyl (C=O) groups excluding carboxylic acids is 1. The van der Waals surface area contributed by atoms with Crippen molar-refractivity contribution in [3.63, 3.8) is 0 Å². The third-order valence-corrected chi connectivity index (χ3v) is 0.407. The Labute approximate surface area is 86.8 Å². The van der Waals surface area contributed by atoms with Crippen LogP contribution in [0.25, 0.3) is 0 Å². The van der Waals surface area contributed by atoms with Gasteiger partial charge in [-0.1, -0.05) is 6.92 Å². The van der Waals surface area contributed by atoms with Gasteiger partial charge < -0.3 is 5.11 Å². The van der Waals surface area contributed by atoms with E-state index in [2.05, 4.69) is 25.7 Å². The molecule has 0 aromatic carbocycles. The van der Waals surface area contributed by atoms with Gasteiger partial charge in [-0.25, -0.2) is 0 Å². The van der Waals surface area contributed by atoms with Gasteiger partial charge in [-0.3, -0.25) is 4.79 Å². The molecular formula is C9H11O2Rh-. The number of terminal acetylenes is 2. The average Bonchev–Trinajstić information content (AvgIpc) is 1.93. The Morgan fingerprint density at radius 2 is 1.42 bits per heavy atom. The first kappa shape index (κ1) is 22.4. The van der Waals surface area contributed by atoms with Crippen LogP contribution in [0.2, 0.25) is 0 Å². The van der Waals surface area contributed by atoms with Crippen LogP contribution in [0.4, 0.5) is 0 Å². The number of hydrogen-bond donors (Lipinski definition) is 0. The van der Waals surface area contributed by atoms with E-state index in [0.29, 0.717) is 0 Å². The maximum absolute atomic E-state index is 9.98. The van der Waals surface area contributed by atoms with E-state index in [1.165, 1.54) is 13.8 Å². The van der Waals surface area contributed by atoms with E-state index >= 15 is 0 Å². The summed E-state index contributed by atoms with van der Waals surface area (Å²) in [5.74, 6) is -0.375. The fraction of sp³-hybridized carbons (Fsp3) is 0.222. The second kappa shape index (κ2) is 22.5. The maximum Gasteiger partial charge on any atom is 0.151 e. The van der Waals surface area contributed by atoms with Crippen LogP contribution in [0.5, 0.6) is 0 Å². The second-order valence-corrected chi connectivity index (χ2v) is 1.37. The van der Waals surface area contributed by atoms with E-state index in [4.69, 9.17) is 0 Å². The van der Waals surface area contributed by atoms with Crippen molar-refractivity contribution >= 4 is 5.78 Å². The molecule has 0 atom stereocenters. The minimum absolute atomic E-state index is 0. The predicted octanol–water partition coefficient (Wildman–Crippen LogP) is 0.336. The van der Waals surface area contributed by atoms with Gasteiger partial charge in [0.05, 0.1) is 0 Å². The molecule has 0 saturated carbocycles. The summed E-state index contributed by atoms with van der Waals surface area (Å²) < 4.78 is 0. The number of hydrogen-bond acceptors (Lipinski definition) is 2. The van der Waals surface area contributed by atoms with E-state index in [1.54, 1.807) is 0 Å². The van der Waals surface area contributed by atoms with E-state index in [-0.39, 0.29) is 31.0 Å². The van der Waals surface area contributed by atoms with Crippen molar-refractivity contribution in [2.24, 2.45) is 0 Å². The summed E-state index contributed by atoms with van der Waals surface area (Å²) in [5.41, 5.74) is 0. The van der Waals surface area contributed by atoms with Crippen molar-refractivity contribution in [2.45, 2.75) is 13.8 Å². The zero-order chi connectivity index (χ0) is 9.86. The maximum atomic E-state index is 9.98. The van der Waals surface area contributed by atoms with Gasteiger partial charge in [-0.2, -0.15) is 0 Å². The van der Waals surface area contributed by atoms with Gasteiger partial charge in [-0.05, 0) is 13.0 Å². The SMILES string of the molecule is C#C.C#C.CC(=O)C=C(C)[O-].[Rh]. The molecular weight excluding hydrogens is 243 g/mol. The summed E-state index contributed by atoms with van der Waals surface area (Å²) in [6.45, 7) is 2.70. The summed E-state index contributed by atoms with van der Waals surface area (Å²) in [6.07, 6.45) is 17.1. The van der Waals surface area contributed by atoms with Crippen LogP contribution >= 0.6 is 0 Å². The van der Waals surface area contributed by atoms with Crippen LogP contribution in [-0.2, 0) is 24.3 Å². The molecule has 0 heterocycles. The van der Waals surface area contributed by atoms with Crippen molar-refractivity contribution in [1.29, 1.82) is 0 Å². The van der Waals surface area contributed by atoms with Crippen LogP contribution in [0.1, 0.15) is 13.8 Å². The standard InChI is InChI=1S/C5H8O2.2C2H2.Rh/c1-4(6)3-5(2)7;2*1-2;/h3,6H,1-2H3;2*1-2H;/p-1. The van der Waals surface area contributed by atoms with Gasteiger partial charge in [0.1, 0.15) is 0 Å². The fourth-order valence-corrected chi connectivity index (χ4v) is 0.286. The molecule has 0 aromatic heterocycles. The van der Waals surface area contributed by atoms with Crippen LogP contribution < -0.4 is 5.11 Å². The van der Waals surface area contributed by atoms with Gasteiger partial charge in [-0.15, -0.1) is 31.5 Å². The summed E-state index contributed by atoms with van der Waals surface area (Å²) in [5, 5.41) is 9.98. The molecule has 3 heteroatoms. The molecule has 0 aromatic rings. The first-order chi connectivity index (χ1) is 5.13. The molecule has 2 nitrogen and oxygen atoms in total. The Morgan fingerprint density at radius 1 is 1.17 bits per heavy atom. The molecule has 0 bridgehead atoms. The number of ketones is 1. The number of rotatable bonds is 1. The van der Waals surface area contributed by atoms with E-state index in [0.717, 1.165) is 6.08 Å². The topological polar surface area (TPSA) is 40.1 Å². The molecule has 0 fully saturated rings. The van der Waals surface area contributed by atoms with E-state index in [9.17, 15) is 9.90 Å². The Balaban J connectivity index is -0.0000000560. The first-order valence-electron chi connectivity index (χ1n) is 2.65. The van der Waals surface area contributed by atoms with Crippen LogP contribution in [0.15, 0.2) is 11.8 Å². The molecule has 12 heavy (non-hydrogen) atoms. The molecule has 69 valence electrons. The van der Waals surface area contributed by atoms with Crippen LogP contribution in [0.3, 0.4) is 0 Å². The Morgan fingerprint density at radius 3 is 1.42 bits per heavy atom. The van der Waals surface area contributed by atoms with Crippen molar-refractivity contribution < 1.29 is 29.4 Å². The molecule has 0 amide bonds. The van der Waals surface area contributed by atoms with E-state index < -0.39 is 0 Å². The Bertz CT molecular complexity index is 156. The smallest absolute Gasteiger partial charge is 0.151 e. The minimum atomic E-state index is -0.187. The monoisotopic (exact) mass is 254 g/mol. The van der Waals surface area contributed by atoms with Crippen molar-refractivity contribution in [3.05, 3.63) is 11.8 Å². The molecule has 0 aliphatic carbocycles. The molecule has 0 unspecified atom stereocenters. The number of allylic oxidation sites excluding steroid dienone is 2. The Kier molecular flexibility index (Phi) is 42.1. The molecule has 0 saturated heterocycles. The third kappa shape index (κ3) is 64.9. The zero-order valence-corrected chi connectivity index (χ0v) is 8.68. The summed E-state index contributed by atoms with van der Waals surface area (Å²) in [6, 6.07) is 0. The molecule has 0 aliphatic heterocycles. The molecule has 0 aliphatic rings. The first-order valence-corrected chi connectivity index (χ1v) is 2.65. The normalized spacial score (nSPS) is 7.00. The second-order valence-electron chi connectivity index (χ2n) is 1.37. The average molecular weight is 254 g/mol. The van der Waals surface area contributed by atoms with E-state index in [1.807, 2.05) is 0 Å². The fourth-order valence-electron chi connectivity index (χ4n) is 0.286. The zero-order valence-electron chi connectivity index (χ0n) is 7.04. The predicted molar refractivity (Wildman–Crippen MR) is 44.2 cm³/mol. The molecule has 0 spiro atoms. The van der Waals surface area contributed by atoms with Gasteiger partial charge in [0.25, 0.3) is 0 Å². The summed E-state index contributed by atoms with van der Waals surface area (Å²) in [4.78, 5) is 9.98. The third-order valence-electron chi connectivity index (χ3n) is 0.407. The molecule has 0 N–H and O–H groups in total. The minimum Gasteiger partial charge on any atom is -0.876 e. The van der Waals surface area contributed by atoms with Crippen LogP contribution in [-0.4, -0.2) is 5.78 Å². The van der Waals surface area contributed by atoms with Gasteiger partial charge >= 0.3 is 0 Å². The van der Waals surface area contributed by atoms with Crippen molar-refractivity contribution in [2.75, 3.05) is 0 Å². The quantitative estimate of drug-likeness (QED) is 0.293. The summed E-state index contributed by atoms with van der Waals surface area (Å²) >= 11 is 0. The van der Waals surface area contributed by atoms with Crippen molar-refractivity contribution in [1.82, 2.24) is 0 Å². The molecule has 1 radical (unpaired) electrons. The van der Waals surface area contributed by atoms with Gasteiger partial charge in [0.15, 0.2) is 5.78 Å². The molecule has 0 rings (SSSR count). The number of carbonyl (C=O) groups is 1. The Hall–Kier alpha value is -1.05. The summed E-state index contributed by atoms with van der Waals surface area (Å²) in [7, 11) is 0. The van der Waals surface area contributed by atoms with Gasteiger partial charge in [0.2, 0.25) is 0 Å². The largest absolute Gasteiger partial charge is 0.876 e. The van der Waals surface area contributed by atoms with Crippen LogP contribution in [0, 0.1) is 25.7 Å². The van der Waals surface area contributed by atoms with Crippen molar-refractivity contribution in [3.8, 4) is 25.7 Å².